The minimum Gasteiger partial charge on any atom is -0.338 e. The van der Waals surface area contributed by atoms with Crippen LogP contribution >= 0.6 is 0 Å². The molecule has 2 heterocycles. The summed E-state index contributed by atoms with van der Waals surface area (Å²) in [6.45, 7) is 10.9. The van der Waals surface area contributed by atoms with Gasteiger partial charge < -0.3 is 25.1 Å². The molecule has 0 aromatic carbocycles. The molecule has 0 saturated heterocycles. The van der Waals surface area contributed by atoms with E-state index in [2.05, 4.69) is 54.8 Å². The molecule has 6 N–H and O–H groups in total. The number of hydrogen-bond acceptors (Lipinski definition) is 6. The third kappa shape index (κ3) is 13.2. The SMILES string of the molecule is C=CCCCCCC[N+](C)(CCCNC(=O)Nc1nc(=O)cc(C)[nH]1)CCCNC(=O)Nc1nc(=O)cc(C)[nH]1. The number of unbranched alkanes of at least 4 members (excludes halogenated alkanes) is 4. The highest BCUT2D eigenvalue weighted by Crippen LogP contribution is 2.11. The fourth-order valence-corrected chi connectivity index (χ4v) is 4.38. The summed E-state index contributed by atoms with van der Waals surface area (Å²) in [4.78, 5) is 60.7. The van der Waals surface area contributed by atoms with E-state index < -0.39 is 23.2 Å². The average molecular weight is 559 g/mol. The Hall–Kier alpha value is -4.00. The van der Waals surface area contributed by atoms with Gasteiger partial charge in [-0.2, -0.15) is 9.97 Å². The van der Waals surface area contributed by atoms with Crippen molar-refractivity contribution in [2.75, 3.05) is 50.4 Å². The highest BCUT2D eigenvalue weighted by molar-refractivity contribution is 5.87. The van der Waals surface area contributed by atoms with Crippen LogP contribution in [0.5, 0.6) is 0 Å². The molecule has 0 aliphatic carbocycles. The number of nitrogens with one attached hydrogen (secondary N) is 6. The summed E-state index contributed by atoms with van der Waals surface area (Å²) < 4.78 is 0.813. The number of urea groups is 2. The molecule has 2 aromatic rings. The van der Waals surface area contributed by atoms with Crippen molar-refractivity contribution >= 4 is 24.0 Å². The Morgan fingerprint density at radius 3 is 1.70 bits per heavy atom. The summed E-state index contributed by atoms with van der Waals surface area (Å²) >= 11 is 0. The van der Waals surface area contributed by atoms with Crippen molar-refractivity contribution in [3.05, 3.63) is 56.9 Å². The Morgan fingerprint density at radius 1 is 0.800 bits per heavy atom. The molecule has 0 saturated carbocycles. The topological polar surface area (TPSA) is 174 Å². The molecule has 0 atom stereocenters. The standard InChI is InChI=1S/C27H43N9O4/c1-5-6-7-8-9-10-15-36(4,16-11-13-28-26(39)34-24-30-20(2)18-22(37)32-24)17-12-14-29-27(40)35-25-31-21(3)19-23(38)33-25/h5,18-19H,1,6-17H2,2-4H3,(H5-,28,29,30,31,32,33,34,35,37,38,39,40)/p+1. The maximum atomic E-state index is 12.2. The van der Waals surface area contributed by atoms with E-state index in [1.807, 2.05) is 6.08 Å². The molecule has 0 aliphatic rings. The maximum Gasteiger partial charge on any atom is 0.321 e. The zero-order valence-electron chi connectivity index (χ0n) is 23.9. The van der Waals surface area contributed by atoms with Gasteiger partial charge in [0.2, 0.25) is 11.9 Å². The van der Waals surface area contributed by atoms with E-state index in [9.17, 15) is 19.2 Å². The Bertz CT molecular complexity index is 1140. The molecule has 2 rings (SSSR count). The molecule has 0 fully saturated rings. The van der Waals surface area contributed by atoms with Gasteiger partial charge >= 0.3 is 12.1 Å². The van der Waals surface area contributed by atoms with Crippen LogP contribution in [0.15, 0.2) is 34.4 Å². The summed E-state index contributed by atoms with van der Waals surface area (Å²) in [5.74, 6) is 0.223. The summed E-state index contributed by atoms with van der Waals surface area (Å²) in [5.41, 5.74) is 0.388. The van der Waals surface area contributed by atoms with Gasteiger partial charge in [-0.25, -0.2) is 9.59 Å². The highest BCUT2D eigenvalue weighted by atomic mass is 16.2. The molecular formula is C27H44N9O4+. The van der Waals surface area contributed by atoms with Gasteiger partial charge in [0.15, 0.2) is 0 Å². The number of nitrogens with zero attached hydrogens (tertiary/aromatic N) is 3. The van der Waals surface area contributed by atoms with Gasteiger partial charge in [0.05, 0.1) is 26.7 Å². The van der Waals surface area contributed by atoms with Crippen molar-refractivity contribution in [3.8, 4) is 0 Å². The Balaban J connectivity index is 1.79. The molecule has 13 heteroatoms. The summed E-state index contributed by atoms with van der Waals surface area (Å²) in [7, 11) is 2.20. The first-order valence-corrected chi connectivity index (χ1v) is 13.8. The number of anilines is 2. The maximum absolute atomic E-state index is 12.2. The largest absolute Gasteiger partial charge is 0.338 e. The molecule has 0 spiro atoms. The van der Waals surface area contributed by atoms with Crippen molar-refractivity contribution in [1.29, 1.82) is 0 Å². The smallest absolute Gasteiger partial charge is 0.321 e. The second-order valence-electron chi connectivity index (χ2n) is 10.3. The molecule has 0 radical (unpaired) electrons. The number of aryl methyl sites for hydroxylation is 2. The van der Waals surface area contributed by atoms with Gasteiger partial charge in [-0.05, 0) is 39.5 Å². The lowest BCUT2D eigenvalue weighted by molar-refractivity contribution is -0.910. The van der Waals surface area contributed by atoms with Gasteiger partial charge in [-0.3, -0.25) is 20.2 Å². The third-order valence-electron chi connectivity index (χ3n) is 6.40. The monoisotopic (exact) mass is 558 g/mol. The third-order valence-corrected chi connectivity index (χ3v) is 6.40. The number of quaternary nitrogens is 1. The Labute approximate surface area is 234 Å². The number of rotatable bonds is 17. The van der Waals surface area contributed by atoms with Crippen LogP contribution in [-0.4, -0.2) is 76.3 Å². The number of amides is 4. The number of carbonyl (C=O) groups excluding carboxylic acids is 2. The van der Waals surface area contributed by atoms with Crippen molar-refractivity contribution in [2.45, 2.75) is 58.8 Å². The predicted octanol–water partition coefficient (Wildman–Crippen LogP) is 2.78. The minimum absolute atomic E-state index is 0.112. The summed E-state index contributed by atoms with van der Waals surface area (Å²) in [6.07, 6.45) is 9.06. The first kappa shape index (κ1) is 32.2. The van der Waals surface area contributed by atoms with E-state index in [0.29, 0.717) is 24.5 Å². The van der Waals surface area contributed by atoms with Gasteiger partial charge in [-0.1, -0.05) is 12.5 Å². The van der Waals surface area contributed by atoms with E-state index >= 15 is 0 Å². The number of hydrogen-bond donors (Lipinski definition) is 6. The molecule has 4 amide bonds. The lowest BCUT2D eigenvalue weighted by atomic mass is 10.1. The average Bonchev–Trinajstić information content (AvgIpc) is 2.85. The van der Waals surface area contributed by atoms with Crippen LogP contribution in [0.4, 0.5) is 21.5 Å². The number of allylic oxidation sites excluding steroid dienone is 1. The minimum atomic E-state index is -0.426. The summed E-state index contributed by atoms with van der Waals surface area (Å²) in [6, 6.07) is 1.86. The molecule has 0 unspecified atom stereocenters. The van der Waals surface area contributed by atoms with Gasteiger partial charge in [0.25, 0.3) is 11.1 Å². The van der Waals surface area contributed by atoms with E-state index in [1.165, 1.54) is 18.6 Å². The zero-order valence-corrected chi connectivity index (χ0v) is 23.9. The van der Waals surface area contributed by atoms with Crippen LogP contribution < -0.4 is 32.4 Å². The fourth-order valence-electron chi connectivity index (χ4n) is 4.38. The van der Waals surface area contributed by atoms with E-state index in [0.717, 1.165) is 62.6 Å². The summed E-state index contributed by atoms with van der Waals surface area (Å²) in [5, 5.41) is 10.8. The molecule has 40 heavy (non-hydrogen) atoms. The first-order valence-electron chi connectivity index (χ1n) is 13.8. The van der Waals surface area contributed by atoms with Crippen LogP contribution in [0.2, 0.25) is 0 Å². The van der Waals surface area contributed by atoms with Crippen molar-refractivity contribution in [2.24, 2.45) is 0 Å². The molecular weight excluding hydrogens is 514 g/mol. The molecule has 13 nitrogen and oxygen atoms in total. The molecule has 0 aliphatic heterocycles. The van der Waals surface area contributed by atoms with Crippen LogP contribution in [0.1, 0.15) is 56.3 Å². The number of aromatic nitrogens is 4. The lowest BCUT2D eigenvalue weighted by Crippen LogP contribution is -2.48. The second kappa shape index (κ2) is 16.9. The van der Waals surface area contributed by atoms with Crippen LogP contribution in [-0.2, 0) is 0 Å². The van der Waals surface area contributed by atoms with Crippen molar-refractivity contribution < 1.29 is 14.1 Å². The number of carbonyl (C=O) groups is 2. The quantitative estimate of drug-likeness (QED) is 0.0989. The zero-order chi connectivity index (χ0) is 29.4. The number of H-pyrrole nitrogens is 2. The molecule has 0 bridgehead atoms. The van der Waals surface area contributed by atoms with Gasteiger partial charge in [0.1, 0.15) is 0 Å². The molecule has 220 valence electrons. The van der Waals surface area contributed by atoms with Crippen molar-refractivity contribution in [1.82, 2.24) is 30.6 Å². The fraction of sp³-hybridized carbons (Fsp3) is 0.556. The highest BCUT2D eigenvalue weighted by Gasteiger charge is 2.21. The van der Waals surface area contributed by atoms with E-state index in [-0.39, 0.29) is 11.9 Å². The van der Waals surface area contributed by atoms with E-state index in [1.54, 1.807) is 13.8 Å². The second-order valence-corrected chi connectivity index (χ2v) is 10.3. The van der Waals surface area contributed by atoms with Crippen LogP contribution in [0.3, 0.4) is 0 Å². The Morgan fingerprint density at radius 2 is 1.25 bits per heavy atom. The Kier molecular flexibility index (Phi) is 13.6. The lowest BCUT2D eigenvalue weighted by Gasteiger charge is -2.35. The van der Waals surface area contributed by atoms with Gasteiger partial charge in [-0.15, -0.1) is 6.58 Å². The predicted molar refractivity (Wildman–Crippen MR) is 157 cm³/mol. The van der Waals surface area contributed by atoms with Crippen LogP contribution in [0, 0.1) is 13.8 Å². The van der Waals surface area contributed by atoms with Gasteiger partial charge in [0, 0.05) is 49.5 Å². The first-order chi connectivity index (χ1) is 19.1. The normalized spacial score (nSPS) is 11.1. The molecule has 2 aromatic heterocycles. The van der Waals surface area contributed by atoms with E-state index in [4.69, 9.17) is 0 Å². The number of aromatic amines is 2. The van der Waals surface area contributed by atoms with Crippen molar-refractivity contribution in [3.63, 3.8) is 0 Å². The van der Waals surface area contributed by atoms with Crippen LogP contribution in [0.25, 0.3) is 0 Å².